The summed E-state index contributed by atoms with van der Waals surface area (Å²) in [5, 5.41) is 19.8. The maximum atomic E-state index is 11.0. The van der Waals surface area contributed by atoms with Gasteiger partial charge in [0.25, 0.3) is 5.69 Å². The number of non-ortho nitro benzene ring substituents is 1. The Labute approximate surface area is 133 Å². The number of nitro groups is 1. The number of thiazole rings is 1. The zero-order valence-corrected chi connectivity index (χ0v) is 13.0. The fourth-order valence-electron chi connectivity index (χ4n) is 1.67. The highest BCUT2D eigenvalue weighted by molar-refractivity contribution is 8.01. The minimum Gasteiger partial charge on any atom is -0.369 e. The highest BCUT2D eigenvalue weighted by Crippen LogP contribution is 2.35. The zero-order chi connectivity index (χ0) is 16.3. The Hall–Kier alpha value is -2.44. The molecule has 1 amide bonds. The molecule has 0 bridgehead atoms. The molecule has 0 atom stereocenters. The molecule has 0 aliphatic carbocycles. The molecule has 9 heteroatoms. The number of primary amides is 1. The molecule has 0 spiro atoms. The number of aromatic nitrogens is 1. The highest BCUT2D eigenvalue weighted by Gasteiger charge is 2.15. The summed E-state index contributed by atoms with van der Waals surface area (Å²) >= 11 is 2.55. The first kappa shape index (κ1) is 15.9. The van der Waals surface area contributed by atoms with Crippen LogP contribution in [0.2, 0.25) is 0 Å². The summed E-state index contributed by atoms with van der Waals surface area (Å²) in [5.74, 6) is -0.434. The minimum absolute atomic E-state index is 0.120. The highest BCUT2D eigenvalue weighted by atomic mass is 32.2. The molecular weight excluding hydrogens is 324 g/mol. The maximum absolute atomic E-state index is 11.0. The van der Waals surface area contributed by atoms with E-state index in [1.54, 1.807) is 6.92 Å². The second kappa shape index (κ2) is 6.55. The van der Waals surface area contributed by atoms with E-state index < -0.39 is 10.8 Å². The van der Waals surface area contributed by atoms with Crippen molar-refractivity contribution >= 4 is 34.7 Å². The number of nitrogens with two attached hydrogens (primary N) is 1. The first-order valence-electron chi connectivity index (χ1n) is 6.01. The normalized spacial score (nSPS) is 10.2. The van der Waals surface area contributed by atoms with Gasteiger partial charge in [-0.1, -0.05) is 11.8 Å². The second-order valence-corrected chi connectivity index (χ2v) is 6.66. The number of hydrogen-bond acceptors (Lipinski definition) is 7. The molecule has 0 saturated heterocycles. The number of hydrogen-bond donors (Lipinski definition) is 1. The number of benzene rings is 1. The zero-order valence-electron chi connectivity index (χ0n) is 11.4. The number of aryl methyl sites for hydroxylation is 1. The van der Waals surface area contributed by atoms with E-state index in [0.29, 0.717) is 14.9 Å². The van der Waals surface area contributed by atoms with Gasteiger partial charge in [0.15, 0.2) is 4.34 Å². The Bertz CT molecular complexity index is 795. The van der Waals surface area contributed by atoms with Crippen LogP contribution in [-0.4, -0.2) is 15.8 Å². The van der Waals surface area contributed by atoms with E-state index in [1.165, 1.54) is 41.3 Å². The van der Waals surface area contributed by atoms with Crippen LogP contribution in [0.1, 0.15) is 16.1 Å². The molecule has 112 valence electrons. The lowest BCUT2D eigenvalue weighted by atomic mass is 10.2. The van der Waals surface area contributed by atoms with Crippen LogP contribution in [0.25, 0.3) is 0 Å². The summed E-state index contributed by atoms with van der Waals surface area (Å²) < 4.78 is 0.652. The third-order valence-corrected chi connectivity index (χ3v) is 4.99. The van der Waals surface area contributed by atoms with E-state index in [0.717, 1.165) is 4.88 Å². The predicted molar refractivity (Wildman–Crippen MR) is 81.7 cm³/mol. The van der Waals surface area contributed by atoms with Crippen molar-refractivity contribution in [2.24, 2.45) is 5.73 Å². The lowest BCUT2D eigenvalue weighted by Gasteiger charge is -2.00. The van der Waals surface area contributed by atoms with Gasteiger partial charge in [-0.2, -0.15) is 5.26 Å². The number of rotatable bonds is 5. The number of carbonyl (C=O) groups excluding carboxylic acids is 1. The molecule has 22 heavy (non-hydrogen) atoms. The van der Waals surface area contributed by atoms with Crippen LogP contribution < -0.4 is 5.73 Å². The van der Waals surface area contributed by atoms with E-state index in [2.05, 4.69) is 4.98 Å². The largest absolute Gasteiger partial charge is 0.369 e. The van der Waals surface area contributed by atoms with Gasteiger partial charge in [0.2, 0.25) is 5.91 Å². The lowest BCUT2D eigenvalue weighted by molar-refractivity contribution is -0.384. The predicted octanol–water partition coefficient (Wildman–Crippen LogP) is 2.41. The van der Waals surface area contributed by atoms with Gasteiger partial charge in [0.05, 0.1) is 22.6 Å². The molecule has 7 nitrogen and oxygen atoms in total. The molecule has 1 aromatic heterocycles. The van der Waals surface area contributed by atoms with Gasteiger partial charge in [-0.05, 0) is 13.0 Å². The van der Waals surface area contributed by atoms with Gasteiger partial charge in [-0.3, -0.25) is 14.9 Å². The number of carbonyl (C=O) groups is 1. The van der Waals surface area contributed by atoms with Crippen molar-refractivity contribution in [3.8, 4) is 6.07 Å². The van der Waals surface area contributed by atoms with Crippen LogP contribution in [-0.2, 0) is 11.2 Å². The minimum atomic E-state index is -0.548. The van der Waals surface area contributed by atoms with E-state index in [4.69, 9.17) is 11.0 Å². The number of nitriles is 1. The average molecular weight is 334 g/mol. The molecule has 1 aromatic carbocycles. The molecule has 2 N–H and O–H groups in total. The van der Waals surface area contributed by atoms with Crippen molar-refractivity contribution < 1.29 is 9.72 Å². The Kier molecular flexibility index (Phi) is 4.75. The Morgan fingerprint density at radius 2 is 2.32 bits per heavy atom. The molecule has 0 radical (unpaired) electrons. The molecule has 1 heterocycles. The average Bonchev–Trinajstić information content (AvgIpc) is 2.78. The van der Waals surface area contributed by atoms with E-state index in [1.807, 2.05) is 6.07 Å². The van der Waals surface area contributed by atoms with Crippen LogP contribution in [0.3, 0.4) is 0 Å². The fraction of sp³-hybridized carbons (Fsp3) is 0.154. The smallest absolute Gasteiger partial charge is 0.270 e. The van der Waals surface area contributed by atoms with Crippen molar-refractivity contribution in [2.75, 3.05) is 0 Å². The van der Waals surface area contributed by atoms with Gasteiger partial charge in [-0.25, -0.2) is 4.98 Å². The Morgan fingerprint density at radius 1 is 1.59 bits per heavy atom. The summed E-state index contributed by atoms with van der Waals surface area (Å²) in [6, 6.07) is 6.03. The van der Waals surface area contributed by atoms with Crippen LogP contribution in [0.4, 0.5) is 5.69 Å². The quantitative estimate of drug-likeness (QED) is 0.661. The molecule has 0 aliphatic rings. The third kappa shape index (κ3) is 3.60. The van der Waals surface area contributed by atoms with Crippen LogP contribution in [0.5, 0.6) is 0 Å². The summed E-state index contributed by atoms with van der Waals surface area (Å²) in [4.78, 5) is 26.8. The van der Waals surface area contributed by atoms with Gasteiger partial charge in [0.1, 0.15) is 6.07 Å². The molecule has 0 saturated carbocycles. The fourth-order valence-corrected chi connectivity index (χ4v) is 3.93. The van der Waals surface area contributed by atoms with Crippen LogP contribution in [0, 0.1) is 28.4 Å². The van der Waals surface area contributed by atoms with Gasteiger partial charge in [-0.15, -0.1) is 11.3 Å². The van der Waals surface area contributed by atoms with Crippen LogP contribution >= 0.6 is 23.1 Å². The van der Waals surface area contributed by atoms with E-state index >= 15 is 0 Å². The summed E-state index contributed by atoms with van der Waals surface area (Å²) in [7, 11) is 0. The molecule has 2 rings (SSSR count). The van der Waals surface area contributed by atoms with Crippen molar-refractivity contribution in [2.45, 2.75) is 22.6 Å². The standard InChI is InChI=1S/C13H10N4O3S2/c1-7-11(5-12(15)18)22-13(16-7)21-10-3-2-9(17(19)20)4-8(10)6-14/h2-4H,5H2,1H3,(H2,15,18). The molecule has 0 aliphatic heterocycles. The van der Waals surface area contributed by atoms with E-state index in [9.17, 15) is 14.9 Å². The summed E-state index contributed by atoms with van der Waals surface area (Å²) in [6.45, 7) is 1.78. The van der Waals surface area contributed by atoms with Crippen molar-refractivity contribution in [1.29, 1.82) is 5.26 Å². The first-order valence-corrected chi connectivity index (χ1v) is 7.65. The topological polar surface area (TPSA) is 123 Å². The summed E-state index contributed by atoms with van der Waals surface area (Å²) in [5.41, 5.74) is 5.96. The second-order valence-electron chi connectivity index (χ2n) is 4.28. The molecular formula is C13H10N4O3S2. The van der Waals surface area contributed by atoms with Crippen LogP contribution in [0.15, 0.2) is 27.4 Å². The monoisotopic (exact) mass is 334 g/mol. The molecule has 0 fully saturated rings. The van der Waals surface area contributed by atoms with E-state index in [-0.39, 0.29) is 17.7 Å². The first-order chi connectivity index (χ1) is 10.4. The molecule has 0 unspecified atom stereocenters. The lowest BCUT2D eigenvalue weighted by Crippen LogP contribution is -2.13. The Morgan fingerprint density at radius 3 is 2.91 bits per heavy atom. The number of amides is 1. The Balaban J connectivity index is 2.29. The SMILES string of the molecule is Cc1nc(Sc2ccc([N+](=O)[O-])cc2C#N)sc1CC(N)=O. The third-order valence-electron chi connectivity index (χ3n) is 2.70. The molecule has 2 aromatic rings. The summed E-state index contributed by atoms with van der Waals surface area (Å²) in [6.07, 6.45) is 0.120. The number of nitro benzene ring substituents is 1. The van der Waals surface area contributed by atoms with Crippen molar-refractivity contribution in [3.63, 3.8) is 0 Å². The van der Waals surface area contributed by atoms with Crippen molar-refractivity contribution in [3.05, 3.63) is 44.4 Å². The van der Waals surface area contributed by atoms with Gasteiger partial charge in [0, 0.05) is 21.9 Å². The van der Waals surface area contributed by atoms with Gasteiger partial charge < -0.3 is 5.73 Å². The number of nitrogens with zero attached hydrogens (tertiary/aromatic N) is 3. The maximum Gasteiger partial charge on any atom is 0.270 e. The van der Waals surface area contributed by atoms with Crippen molar-refractivity contribution in [1.82, 2.24) is 4.98 Å². The van der Waals surface area contributed by atoms with Gasteiger partial charge >= 0.3 is 0 Å².